The van der Waals surface area contributed by atoms with Crippen molar-refractivity contribution in [2.45, 2.75) is 19.3 Å². The minimum Gasteiger partial charge on any atom is -0.334 e. The SMILES string of the molecule is Cc1ccc(N2CC(c3noc(-c4ccccc4F)n3)CC2=O)cc1F. The van der Waals surface area contributed by atoms with E-state index in [4.69, 9.17) is 4.52 Å². The van der Waals surface area contributed by atoms with Crippen molar-refractivity contribution in [2.75, 3.05) is 11.4 Å². The highest BCUT2D eigenvalue weighted by atomic mass is 19.1. The monoisotopic (exact) mass is 355 g/mol. The third kappa shape index (κ3) is 2.85. The Bertz CT molecular complexity index is 986. The number of rotatable bonds is 3. The van der Waals surface area contributed by atoms with Crippen molar-refractivity contribution in [3.8, 4) is 11.5 Å². The minimum absolute atomic E-state index is 0.0744. The van der Waals surface area contributed by atoms with Gasteiger partial charge in [-0.25, -0.2) is 8.78 Å². The van der Waals surface area contributed by atoms with Crippen molar-refractivity contribution < 1.29 is 18.1 Å². The zero-order valence-corrected chi connectivity index (χ0v) is 13.9. The van der Waals surface area contributed by atoms with Gasteiger partial charge in [0.15, 0.2) is 5.82 Å². The van der Waals surface area contributed by atoms with E-state index in [1.165, 1.54) is 17.0 Å². The van der Waals surface area contributed by atoms with Crippen molar-refractivity contribution in [1.82, 2.24) is 10.1 Å². The molecule has 1 fully saturated rings. The quantitative estimate of drug-likeness (QED) is 0.716. The molecule has 1 saturated heterocycles. The van der Waals surface area contributed by atoms with E-state index in [0.717, 1.165) is 0 Å². The second kappa shape index (κ2) is 6.33. The van der Waals surface area contributed by atoms with Gasteiger partial charge < -0.3 is 9.42 Å². The number of aromatic nitrogens is 2. The number of anilines is 1. The van der Waals surface area contributed by atoms with Crippen molar-refractivity contribution in [2.24, 2.45) is 0 Å². The summed E-state index contributed by atoms with van der Waals surface area (Å²) in [6.45, 7) is 1.98. The van der Waals surface area contributed by atoms with Gasteiger partial charge in [-0.3, -0.25) is 4.79 Å². The second-order valence-corrected chi connectivity index (χ2v) is 6.28. The van der Waals surface area contributed by atoms with Gasteiger partial charge in [0.2, 0.25) is 5.91 Å². The lowest BCUT2D eigenvalue weighted by Gasteiger charge is -2.16. The largest absolute Gasteiger partial charge is 0.334 e. The zero-order chi connectivity index (χ0) is 18.3. The molecule has 1 aliphatic heterocycles. The molecule has 1 aromatic heterocycles. The third-order valence-electron chi connectivity index (χ3n) is 4.50. The molecule has 0 radical (unpaired) electrons. The van der Waals surface area contributed by atoms with Crippen LogP contribution in [0.3, 0.4) is 0 Å². The molecule has 1 atom stereocenters. The summed E-state index contributed by atoms with van der Waals surface area (Å²) in [7, 11) is 0. The van der Waals surface area contributed by atoms with Gasteiger partial charge in [-0.1, -0.05) is 23.4 Å². The van der Waals surface area contributed by atoms with Gasteiger partial charge in [0.1, 0.15) is 11.6 Å². The fourth-order valence-corrected chi connectivity index (χ4v) is 3.02. The Labute approximate surface area is 148 Å². The summed E-state index contributed by atoms with van der Waals surface area (Å²) in [4.78, 5) is 18.1. The maximum atomic E-state index is 13.9. The molecule has 2 heterocycles. The van der Waals surface area contributed by atoms with Crippen LogP contribution >= 0.6 is 0 Å². The molecule has 0 N–H and O–H groups in total. The minimum atomic E-state index is -0.457. The molecule has 132 valence electrons. The van der Waals surface area contributed by atoms with E-state index in [1.807, 2.05) is 0 Å². The number of hydrogen-bond acceptors (Lipinski definition) is 4. The van der Waals surface area contributed by atoms with E-state index in [2.05, 4.69) is 10.1 Å². The van der Waals surface area contributed by atoms with Crippen LogP contribution < -0.4 is 4.90 Å². The van der Waals surface area contributed by atoms with E-state index in [0.29, 0.717) is 23.6 Å². The standard InChI is InChI=1S/C19H15F2N3O2/c1-11-6-7-13(9-16(11)21)24-10-12(8-17(24)25)18-22-19(26-23-18)14-4-2-3-5-15(14)20/h2-7,9,12H,8,10H2,1H3. The van der Waals surface area contributed by atoms with Gasteiger partial charge in [-0.05, 0) is 36.8 Å². The lowest BCUT2D eigenvalue weighted by molar-refractivity contribution is -0.117. The molecular weight excluding hydrogens is 340 g/mol. The highest BCUT2D eigenvalue weighted by Crippen LogP contribution is 2.32. The Hall–Kier alpha value is -3.09. The van der Waals surface area contributed by atoms with E-state index >= 15 is 0 Å². The average molecular weight is 355 g/mol. The molecule has 4 rings (SSSR count). The summed E-state index contributed by atoms with van der Waals surface area (Å²) in [5.41, 5.74) is 1.23. The predicted molar refractivity (Wildman–Crippen MR) is 90.5 cm³/mol. The molecule has 0 bridgehead atoms. The van der Waals surface area contributed by atoms with Gasteiger partial charge >= 0.3 is 0 Å². The first-order valence-electron chi connectivity index (χ1n) is 8.18. The van der Waals surface area contributed by atoms with Crippen LogP contribution in [0.15, 0.2) is 47.0 Å². The van der Waals surface area contributed by atoms with E-state index in [-0.39, 0.29) is 35.5 Å². The number of carbonyl (C=O) groups excluding carboxylic acids is 1. The van der Waals surface area contributed by atoms with Crippen LogP contribution in [-0.2, 0) is 4.79 Å². The summed E-state index contributed by atoms with van der Waals surface area (Å²) in [6.07, 6.45) is 0.186. The van der Waals surface area contributed by atoms with Crippen LogP contribution in [0.5, 0.6) is 0 Å². The highest BCUT2D eigenvalue weighted by Gasteiger charge is 2.35. The first-order chi connectivity index (χ1) is 12.5. The molecule has 0 spiro atoms. The maximum Gasteiger partial charge on any atom is 0.260 e. The van der Waals surface area contributed by atoms with Gasteiger partial charge in [0.25, 0.3) is 5.89 Å². The number of halogens is 2. The van der Waals surface area contributed by atoms with Gasteiger partial charge in [-0.15, -0.1) is 0 Å². The number of amides is 1. The summed E-state index contributed by atoms with van der Waals surface area (Å²) in [6, 6.07) is 10.8. The number of aryl methyl sites for hydroxylation is 1. The van der Waals surface area contributed by atoms with Crippen molar-refractivity contribution >= 4 is 11.6 Å². The van der Waals surface area contributed by atoms with E-state index in [9.17, 15) is 13.6 Å². The molecule has 5 nitrogen and oxygen atoms in total. The molecule has 2 aromatic carbocycles. The number of carbonyl (C=O) groups is 1. The zero-order valence-electron chi connectivity index (χ0n) is 13.9. The Morgan fingerprint density at radius 1 is 1.15 bits per heavy atom. The van der Waals surface area contributed by atoms with E-state index < -0.39 is 5.82 Å². The van der Waals surface area contributed by atoms with Crippen LogP contribution in [0.2, 0.25) is 0 Å². The highest BCUT2D eigenvalue weighted by molar-refractivity contribution is 5.96. The van der Waals surface area contributed by atoms with Gasteiger partial charge in [0.05, 0.1) is 5.56 Å². The molecular formula is C19H15F2N3O2. The Morgan fingerprint density at radius 3 is 2.73 bits per heavy atom. The Kier molecular flexibility index (Phi) is 3.99. The number of benzene rings is 2. The van der Waals surface area contributed by atoms with Crippen LogP contribution in [-0.4, -0.2) is 22.6 Å². The lowest BCUT2D eigenvalue weighted by atomic mass is 10.1. The smallest absolute Gasteiger partial charge is 0.260 e. The molecule has 1 unspecified atom stereocenters. The molecule has 3 aromatic rings. The fourth-order valence-electron chi connectivity index (χ4n) is 3.02. The van der Waals surface area contributed by atoms with Crippen LogP contribution in [0, 0.1) is 18.6 Å². The van der Waals surface area contributed by atoms with Crippen LogP contribution in [0.25, 0.3) is 11.5 Å². The summed E-state index contributed by atoms with van der Waals surface area (Å²) < 4.78 is 32.8. The van der Waals surface area contributed by atoms with Crippen LogP contribution in [0.1, 0.15) is 23.7 Å². The van der Waals surface area contributed by atoms with Gasteiger partial charge in [0, 0.05) is 24.6 Å². The van der Waals surface area contributed by atoms with Crippen LogP contribution in [0.4, 0.5) is 14.5 Å². The average Bonchev–Trinajstić information content (AvgIpc) is 3.25. The first-order valence-corrected chi connectivity index (χ1v) is 8.18. The predicted octanol–water partition coefficient (Wildman–Crippen LogP) is 3.84. The van der Waals surface area contributed by atoms with Gasteiger partial charge in [-0.2, -0.15) is 4.98 Å². The fraction of sp³-hybridized carbons (Fsp3) is 0.211. The number of nitrogens with zero attached hydrogens (tertiary/aromatic N) is 3. The first kappa shape index (κ1) is 16.4. The maximum absolute atomic E-state index is 13.9. The molecule has 0 saturated carbocycles. The summed E-state index contributed by atoms with van der Waals surface area (Å²) in [5.74, 6) is -0.842. The lowest BCUT2D eigenvalue weighted by Crippen LogP contribution is -2.24. The molecule has 1 amide bonds. The number of hydrogen-bond donors (Lipinski definition) is 0. The van der Waals surface area contributed by atoms with Crippen molar-refractivity contribution in [3.05, 3.63) is 65.5 Å². The Morgan fingerprint density at radius 2 is 1.96 bits per heavy atom. The normalized spacial score (nSPS) is 17.1. The van der Waals surface area contributed by atoms with E-state index in [1.54, 1.807) is 37.3 Å². The second-order valence-electron chi connectivity index (χ2n) is 6.28. The Balaban J connectivity index is 1.58. The summed E-state index contributed by atoms with van der Waals surface area (Å²) in [5, 5.41) is 3.90. The molecule has 1 aliphatic rings. The summed E-state index contributed by atoms with van der Waals surface area (Å²) >= 11 is 0. The molecule has 26 heavy (non-hydrogen) atoms. The molecule has 0 aliphatic carbocycles. The molecule has 7 heteroatoms. The topological polar surface area (TPSA) is 59.2 Å². The van der Waals surface area contributed by atoms with Crippen molar-refractivity contribution in [3.63, 3.8) is 0 Å². The van der Waals surface area contributed by atoms with Crippen molar-refractivity contribution in [1.29, 1.82) is 0 Å². The third-order valence-corrected chi connectivity index (χ3v) is 4.50.